The average molecular weight is 528 g/mol. The monoisotopic (exact) mass is 527 g/mol. The molecule has 0 aliphatic heterocycles. The van der Waals surface area contributed by atoms with Crippen molar-refractivity contribution >= 4 is 27.9 Å². The molecule has 0 bridgehead atoms. The Morgan fingerprint density at radius 1 is 0.463 bits per heavy atom. The molecule has 41 heavy (non-hydrogen) atoms. The summed E-state index contributed by atoms with van der Waals surface area (Å²) in [5.41, 5.74) is 14.5. The molecule has 0 aliphatic carbocycles. The first-order valence-corrected chi connectivity index (χ1v) is 13.0. The number of hydrogen-bond acceptors (Lipinski definition) is 5. The average Bonchev–Trinajstić information content (AvgIpc) is 3.64. The molecule has 0 saturated heterocycles. The summed E-state index contributed by atoms with van der Waals surface area (Å²) in [5, 5.41) is 0. The maximum absolute atomic E-state index is 6.18. The minimum absolute atomic E-state index is 0.423. The molecule has 192 valence electrons. The second kappa shape index (κ2) is 10.3. The third kappa shape index (κ3) is 5.04. The highest BCUT2D eigenvalue weighted by molar-refractivity contribution is 5.86. The van der Waals surface area contributed by atoms with Crippen LogP contribution in [0, 0.1) is 23.7 Å². The molecule has 2 aromatic heterocycles. The third-order valence-corrected chi connectivity index (χ3v) is 6.53. The van der Waals surface area contributed by atoms with Crippen LogP contribution in [-0.4, -0.2) is 9.97 Å². The van der Waals surface area contributed by atoms with Crippen molar-refractivity contribution in [1.82, 2.24) is 9.97 Å². The van der Waals surface area contributed by atoms with Crippen LogP contribution in [-0.2, 0) is 0 Å². The predicted octanol–water partition coefficient (Wildman–Crippen LogP) is 7.68. The molecule has 0 radical (unpaired) electrons. The van der Waals surface area contributed by atoms with Crippen LogP contribution in [0.5, 0.6) is 0 Å². The van der Waals surface area contributed by atoms with Crippen molar-refractivity contribution in [1.29, 1.82) is 0 Å². The fourth-order valence-electron chi connectivity index (χ4n) is 4.50. The summed E-state index contributed by atoms with van der Waals surface area (Å²) in [5.74, 6) is 13.6. The Balaban J connectivity index is 1.24. The lowest BCUT2D eigenvalue weighted by Crippen LogP contribution is -1.90. The van der Waals surface area contributed by atoms with Gasteiger partial charge in [-0.05, 0) is 78.9 Å². The molecular weight excluding hydrogens is 506 g/mol. The van der Waals surface area contributed by atoms with Crippen LogP contribution >= 0.6 is 0 Å². The van der Waals surface area contributed by atoms with E-state index in [-0.39, 0.29) is 0 Å². The van der Waals surface area contributed by atoms with Crippen molar-refractivity contribution in [2.24, 2.45) is 0 Å². The van der Waals surface area contributed by atoms with Gasteiger partial charge in [-0.2, -0.15) is 0 Å². The van der Waals surface area contributed by atoms with Crippen molar-refractivity contribution in [2.75, 3.05) is 5.73 Å². The molecule has 0 amide bonds. The molecule has 2 N–H and O–H groups in total. The van der Waals surface area contributed by atoms with E-state index in [4.69, 9.17) is 24.5 Å². The second-order valence-corrected chi connectivity index (χ2v) is 9.44. The first kappa shape index (κ1) is 24.0. The molecule has 0 atom stereocenters. The van der Waals surface area contributed by atoms with Crippen LogP contribution in [0.2, 0.25) is 0 Å². The Labute approximate surface area is 236 Å². The lowest BCUT2D eigenvalue weighted by atomic mass is 10.1. The van der Waals surface area contributed by atoms with Gasteiger partial charge in [0.05, 0.1) is 5.56 Å². The zero-order chi connectivity index (χ0) is 27.6. The van der Waals surface area contributed by atoms with Gasteiger partial charge in [0.25, 0.3) is 0 Å². The number of oxazole rings is 2. The summed E-state index contributed by atoms with van der Waals surface area (Å²) in [6.45, 7) is 0. The number of aromatic nitrogens is 2. The minimum Gasteiger partial charge on any atom is -0.436 e. The van der Waals surface area contributed by atoms with Crippen molar-refractivity contribution in [3.63, 3.8) is 0 Å². The summed E-state index contributed by atoms with van der Waals surface area (Å²) in [6.07, 6.45) is 0. The first-order chi connectivity index (χ1) is 20.2. The fourth-order valence-corrected chi connectivity index (χ4v) is 4.50. The smallest absolute Gasteiger partial charge is 0.228 e. The quantitative estimate of drug-likeness (QED) is 0.184. The number of nitrogen functional groups attached to an aromatic ring is 1. The van der Waals surface area contributed by atoms with Gasteiger partial charge in [0.1, 0.15) is 11.0 Å². The maximum atomic E-state index is 6.18. The van der Waals surface area contributed by atoms with Crippen LogP contribution < -0.4 is 5.73 Å². The highest BCUT2D eigenvalue weighted by Gasteiger charge is 2.18. The van der Waals surface area contributed by atoms with Gasteiger partial charge in [0.15, 0.2) is 11.2 Å². The van der Waals surface area contributed by atoms with E-state index < -0.39 is 0 Å². The van der Waals surface area contributed by atoms with E-state index in [1.54, 1.807) is 0 Å². The van der Waals surface area contributed by atoms with Crippen LogP contribution in [0.4, 0.5) is 5.69 Å². The van der Waals surface area contributed by atoms with Gasteiger partial charge in [-0.25, -0.2) is 9.97 Å². The summed E-state index contributed by atoms with van der Waals surface area (Å²) in [7, 11) is 0. The molecule has 5 heteroatoms. The summed E-state index contributed by atoms with van der Waals surface area (Å²) >= 11 is 0. The molecular formula is C36H21N3O2. The Morgan fingerprint density at radius 2 is 0.951 bits per heavy atom. The van der Waals surface area contributed by atoms with Gasteiger partial charge in [0, 0.05) is 33.5 Å². The van der Waals surface area contributed by atoms with Gasteiger partial charge >= 0.3 is 0 Å². The van der Waals surface area contributed by atoms with E-state index in [0.717, 1.165) is 27.8 Å². The summed E-state index contributed by atoms with van der Waals surface area (Å²) < 4.78 is 12.3. The largest absolute Gasteiger partial charge is 0.436 e. The SMILES string of the molecule is Nc1ccc(-c2nc3cc(C#Cc4ccccc4)ccc3o2)c(-c2nc3cc(C#Cc4ccccc4)ccc3o2)c1. The zero-order valence-corrected chi connectivity index (χ0v) is 21.8. The van der Waals surface area contributed by atoms with Crippen molar-refractivity contribution in [3.8, 4) is 46.6 Å². The second-order valence-electron chi connectivity index (χ2n) is 9.44. The topological polar surface area (TPSA) is 78.1 Å². The van der Waals surface area contributed by atoms with Crippen LogP contribution in [0.1, 0.15) is 22.3 Å². The first-order valence-electron chi connectivity index (χ1n) is 13.0. The van der Waals surface area contributed by atoms with Crippen molar-refractivity contribution in [2.45, 2.75) is 0 Å². The normalized spacial score (nSPS) is 10.6. The standard InChI is InChI=1S/C36H21N3O2/c37-28-17-18-29(35-38-31-21-26(15-19-33(31)40-35)13-11-24-7-3-1-4-8-24)30(23-28)36-39-32-22-27(16-20-34(32)41-36)14-12-25-9-5-2-6-10-25/h1-10,15-23H,37H2. The number of hydrogen-bond donors (Lipinski definition) is 1. The number of nitrogens with two attached hydrogens (primary N) is 1. The molecule has 0 spiro atoms. The van der Waals surface area contributed by atoms with Gasteiger partial charge in [-0.15, -0.1) is 0 Å². The molecule has 7 aromatic rings. The fraction of sp³-hybridized carbons (Fsp3) is 0. The predicted molar refractivity (Wildman–Crippen MR) is 162 cm³/mol. The van der Waals surface area contributed by atoms with E-state index in [1.165, 1.54) is 0 Å². The Bertz CT molecular complexity index is 2170. The van der Waals surface area contributed by atoms with E-state index in [2.05, 4.69) is 23.7 Å². The molecule has 5 aromatic carbocycles. The molecule has 0 fully saturated rings. The summed E-state index contributed by atoms with van der Waals surface area (Å²) in [4.78, 5) is 9.54. The molecule has 0 aliphatic rings. The van der Waals surface area contributed by atoms with Crippen molar-refractivity contribution < 1.29 is 8.83 Å². The lowest BCUT2D eigenvalue weighted by molar-refractivity contribution is 0.611. The van der Waals surface area contributed by atoms with Crippen LogP contribution in [0.15, 0.2) is 124 Å². The van der Waals surface area contributed by atoms with Crippen LogP contribution in [0.25, 0.3) is 45.1 Å². The zero-order valence-electron chi connectivity index (χ0n) is 21.8. The van der Waals surface area contributed by atoms with Crippen LogP contribution in [0.3, 0.4) is 0 Å². The highest BCUT2D eigenvalue weighted by atomic mass is 16.4. The molecule has 7 rings (SSSR count). The third-order valence-electron chi connectivity index (χ3n) is 6.53. The maximum Gasteiger partial charge on any atom is 0.228 e. The Hall–Kier alpha value is -6.04. The summed E-state index contributed by atoms with van der Waals surface area (Å²) in [6, 6.07) is 36.7. The van der Waals surface area contributed by atoms with Gasteiger partial charge in [-0.3, -0.25) is 0 Å². The number of fused-ring (bicyclic) bond motifs is 2. The Morgan fingerprint density at radius 3 is 1.49 bits per heavy atom. The number of anilines is 1. The van der Waals surface area contributed by atoms with Gasteiger partial charge in [-0.1, -0.05) is 60.1 Å². The molecule has 5 nitrogen and oxygen atoms in total. The van der Waals surface area contributed by atoms with E-state index in [1.807, 2.05) is 115 Å². The molecule has 0 unspecified atom stereocenters. The highest BCUT2D eigenvalue weighted by Crippen LogP contribution is 2.36. The minimum atomic E-state index is 0.423. The van der Waals surface area contributed by atoms with Gasteiger partial charge < -0.3 is 14.6 Å². The Kier molecular flexibility index (Phi) is 6.01. The number of benzene rings is 5. The van der Waals surface area contributed by atoms with E-state index >= 15 is 0 Å². The van der Waals surface area contributed by atoms with E-state index in [9.17, 15) is 0 Å². The van der Waals surface area contributed by atoms with Gasteiger partial charge in [0.2, 0.25) is 11.8 Å². The lowest BCUT2D eigenvalue weighted by Gasteiger charge is -2.04. The van der Waals surface area contributed by atoms with E-state index in [0.29, 0.717) is 45.2 Å². The number of nitrogens with zero attached hydrogens (tertiary/aromatic N) is 2. The molecule has 0 saturated carbocycles. The number of rotatable bonds is 2. The molecule has 2 heterocycles. The van der Waals surface area contributed by atoms with Crippen molar-refractivity contribution in [3.05, 3.63) is 138 Å².